The van der Waals surface area contributed by atoms with Gasteiger partial charge in [-0.15, -0.1) is 10.2 Å². The molecule has 0 radical (unpaired) electrons. The van der Waals surface area contributed by atoms with E-state index in [1.54, 1.807) is 25.3 Å². The number of nitrogens with zero attached hydrogens (tertiary/aromatic N) is 2. The topological polar surface area (TPSA) is 44.2 Å². The highest BCUT2D eigenvalue weighted by Gasteiger charge is 2.43. The fraction of sp³-hybridized carbons (Fsp3) is 0.375. The molecule has 0 bridgehead atoms. The van der Waals surface area contributed by atoms with E-state index < -0.39 is 5.92 Å². The van der Waals surface area contributed by atoms with Gasteiger partial charge in [0.05, 0.1) is 12.2 Å². The molecule has 0 unspecified atom stereocenters. The lowest BCUT2D eigenvalue weighted by molar-refractivity contribution is -0.00206. The van der Waals surface area contributed by atoms with Crippen molar-refractivity contribution >= 4 is 11.6 Å². The van der Waals surface area contributed by atoms with E-state index in [1.807, 2.05) is 6.07 Å². The second-order valence-corrected chi connectivity index (χ2v) is 5.59. The van der Waals surface area contributed by atoms with Crippen molar-refractivity contribution in [3.63, 3.8) is 0 Å². The number of fused-ring (bicyclic) bond motifs is 1. The zero-order chi connectivity index (χ0) is 16.4. The molecule has 0 aliphatic heterocycles. The molecule has 1 heterocycles. The highest BCUT2D eigenvalue weighted by Crippen LogP contribution is 2.47. The van der Waals surface area contributed by atoms with Crippen LogP contribution in [0.4, 0.5) is 8.78 Å². The third kappa shape index (κ3) is 3.01. The first-order valence-electron chi connectivity index (χ1n) is 7.19. The van der Waals surface area contributed by atoms with E-state index in [4.69, 9.17) is 21.1 Å². The molecule has 1 aromatic heterocycles. The number of methoxy groups -OCH3 is 1. The Bertz CT molecular complexity index is 725. The second-order valence-electron chi connectivity index (χ2n) is 5.23. The van der Waals surface area contributed by atoms with Gasteiger partial charge in [-0.3, -0.25) is 0 Å². The summed E-state index contributed by atoms with van der Waals surface area (Å²) >= 11 is 5.85. The van der Waals surface area contributed by atoms with E-state index >= 15 is 0 Å². The predicted octanol–water partition coefficient (Wildman–Crippen LogP) is 3.86. The first-order chi connectivity index (χ1) is 11.0. The first kappa shape index (κ1) is 16.1. The van der Waals surface area contributed by atoms with Gasteiger partial charge in [-0.2, -0.15) is 0 Å². The summed E-state index contributed by atoms with van der Waals surface area (Å²) in [4.78, 5) is 0. The maximum Gasteiger partial charge on any atom is 0.276 e. The minimum Gasteiger partial charge on any atom is -0.490 e. The van der Waals surface area contributed by atoms with E-state index in [-0.39, 0.29) is 23.6 Å². The maximum absolute atomic E-state index is 14.0. The number of benzene rings is 1. The van der Waals surface area contributed by atoms with Crippen LogP contribution in [0.5, 0.6) is 5.75 Å². The van der Waals surface area contributed by atoms with Crippen molar-refractivity contribution in [3.05, 3.63) is 40.5 Å². The summed E-state index contributed by atoms with van der Waals surface area (Å²) in [6, 6.07) is 7.15. The SMILES string of the molecule is COCCOc1ccccc1-c1nnc(Cl)c2c1CCC2(F)F. The lowest BCUT2D eigenvalue weighted by atomic mass is 10.0. The number of alkyl halides is 2. The molecule has 7 heteroatoms. The lowest BCUT2D eigenvalue weighted by Crippen LogP contribution is -2.10. The van der Waals surface area contributed by atoms with Gasteiger partial charge in [-0.05, 0) is 24.1 Å². The molecule has 2 aromatic rings. The summed E-state index contributed by atoms with van der Waals surface area (Å²) in [5.41, 5.74) is 1.25. The monoisotopic (exact) mass is 340 g/mol. The van der Waals surface area contributed by atoms with Gasteiger partial charge in [0.1, 0.15) is 18.1 Å². The first-order valence-corrected chi connectivity index (χ1v) is 7.57. The normalized spacial score (nSPS) is 15.5. The molecule has 0 saturated carbocycles. The van der Waals surface area contributed by atoms with Gasteiger partial charge in [0.15, 0.2) is 5.15 Å². The largest absolute Gasteiger partial charge is 0.490 e. The molecule has 3 rings (SSSR count). The molecule has 0 saturated heterocycles. The van der Waals surface area contributed by atoms with Crippen LogP contribution in [0.3, 0.4) is 0 Å². The molecule has 0 N–H and O–H groups in total. The number of halogens is 3. The second kappa shape index (κ2) is 6.37. The van der Waals surface area contributed by atoms with Crippen molar-refractivity contribution in [2.45, 2.75) is 18.8 Å². The number of rotatable bonds is 5. The van der Waals surface area contributed by atoms with Gasteiger partial charge in [-0.1, -0.05) is 23.7 Å². The van der Waals surface area contributed by atoms with Crippen LogP contribution in [-0.4, -0.2) is 30.5 Å². The zero-order valence-electron chi connectivity index (χ0n) is 12.5. The summed E-state index contributed by atoms with van der Waals surface area (Å²) in [5, 5.41) is 7.53. The molecule has 0 amide bonds. The van der Waals surface area contributed by atoms with Crippen LogP contribution in [-0.2, 0) is 17.1 Å². The molecule has 0 spiro atoms. The van der Waals surface area contributed by atoms with Gasteiger partial charge >= 0.3 is 0 Å². The third-order valence-corrected chi connectivity index (χ3v) is 4.04. The Hall–Kier alpha value is -1.79. The van der Waals surface area contributed by atoms with Gasteiger partial charge in [-0.25, -0.2) is 8.78 Å². The van der Waals surface area contributed by atoms with Crippen molar-refractivity contribution in [3.8, 4) is 17.0 Å². The van der Waals surface area contributed by atoms with Crippen LogP contribution in [0, 0.1) is 0 Å². The Balaban J connectivity index is 2.06. The molecule has 1 aliphatic rings. The maximum atomic E-state index is 14.0. The van der Waals surface area contributed by atoms with Crippen LogP contribution in [0.1, 0.15) is 17.5 Å². The third-order valence-electron chi connectivity index (χ3n) is 3.77. The average molecular weight is 341 g/mol. The number of hydrogen-bond acceptors (Lipinski definition) is 4. The fourth-order valence-electron chi connectivity index (χ4n) is 2.71. The standard InChI is InChI=1S/C16H15ClF2N2O2/c1-22-8-9-23-12-5-3-2-4-10(12)14-11-6-7-16(18,19)13(11)15(17)21-20-14/h2-5H,6-9H2,1H3. The summed E-state index contributed by atoms with van der Waals surface area (Å²) in [6.07, 6.45) is -0.0750. The Morgan fingerprint density at radius 3 is 2.78 bits per heavy atom. The summed E-state index contributed by atoms with van der Waals surface area (Å²) in [5.74, 6) is -2.42. The van der Waals surface area contributed by atoms with Crippen molar-refractivity contribution in [1.82, 2.24) is 10.2 Å². The number of para-hydroxylation sites is 1. The van der Waals surface area contributed by atoms with E-state index in [0.717, 1.165) is 0 Å². The van der Waals surface area contributed by atoms with Crippen LogP contribution >= 0.6 is 11.6 Å². The van der Waals surface area contributed by atoms with Crippen LogP contribution in [0.2, 0.25) is 5.15 Å². The van der Waals surface area contributed by atoms with E-state index in [2.05, 4.69) is 10.2 Å². The van der Waals surface area contributed by atoms with Gasteiger partial charge in [0, 0.05) is 19.1 Å². The Morgan fingerprint density at radius 2 is 2.00 bits per heavy atom. The minimum atomic E-state index is -2.97. The molecular formula is C16H15ClF2N2O2. The minimum absolute atomic E-state index is 0.208. The van der Waals surface area contributed by atoms with Gasteiger partial charge < -0.3 is 9.47 Å². The van der Waals surface area contributed by atoms with Crippen LogP contribution in [0.15, 0.2) is 24.3 Å². The molecule has 122 valence electrons. The fourth-order valence-corrected chi connectivity index (χ4v) is 3.00. The van der Waals surface area contributed by atoms with Crippen molar-refractivity contribution in [2.75, 3.05) is 20.3 Å². The van der Waals surface area contributed by atoms with Crippen molar-refractivity contribution < 1.29 is 18.3 Å². The van der Waals surface area contributed by atoms with Crippen LogP contribution in [0.25, 0.3) is 11.3 Å². The van der Waals surface area contributed by atoms with E-state index in [9.17, 15) is 8.78 Å². The van der Waals surface area contributed by atoms with E-state index in [0.29, 0.717) is 35.8 Å². The molecule has 1 aliphatic carbocycles. The molecule has 23 heavy (non-hydrogen) atoms. The molecule has 4 nitrogen and oxygen atoms in total. The number of aromatic nitrogens is 2. The van der Waals surface area contributed by atoms with Gasteiger partial charge in [0.2, 0.25) is 0 Å². The predicted molar refractivity (Wildman–Crippen MR) is 82.1 cm³/mol. The number of ether oxygens (including phenoxy) is 2. The highest BCUT2D eigenvalue weighted by atomic mass is 35.5. The molecule has 0 fully saturated rings. The quantitative estimate of drug-likeness (QED) is 0.775. The summed E-state index contributed by atoms with van der Waals surface area (Å²) in [6.45, 7) is 0.781. The Kier molecular flexibility index (Phi) is 4.46. The van der Waals surface area contributed by atoms with E-state index in [1.165, 1.54) is 0 Å². The molecular weight excluding hydrogens is 326 g/mol. The van der Waals surface area contributed by atoms with Crippen LogP contribution < -0.4 is 4.74 Å². The smallest absolute Gasteiger partial charge is 0.276 e. The lowest BCUT2D eigenvalue weighted by Gasteiger charge is -2.14. The summed E-state index contributed by atoms with van der Waals surface area (Å²) in [7, 11) is 1.58. The number of hydrogen-bond donors (Lipinski definition) is 0. The molecule has 1 aromatic carbocycles. The van der Waals surface area contributed by atoms with Gasteiger partial charge in [0.25, 0.3) is 5.92 Å². The highest BCUT2D eigenvalue weighted by molar-refractivity contribution is 6.30. The Labute approximate surface area is 137 Å². The van der Waals surface area contributed by atoms with Crippen molar-refractivity contribution in [1.29, 1.82) is 0 Å². The average Bonchev–Trinajstić information content (AvgIpc) is 2.86. The Morgan fingerprint density at radius 1 is 1.22 bits per heavy atom. The zero-order valence-corrected chi connectivity index (χ0v) is 13.2. The van der Waals surface area contributed by atoms with Crippen molar-refractivity contribution in [2.24, 2.45) is 0 Å². The summed E-state index contributed by atoms with van der Waals surface area (Å²) < 4.78 is 38.7. The molecule has 0 atom stereocenters.